The molecule has 0 saturated carbocycles. The number of thioether (sulfide) groups is 1. The van der Waals surface area contributed by atoms with E-state index in [9.17, 15) is 0 Å². The maximum Gasteiger partial charge on any atom is 0.187 e. The van der Waals surface area contributed by atoms with Gasteiger partial charge in [0.15, 0.2) is 5.16 Å². The number of hydrogen-bond acceptors (Lipinski definition) is 6. The quantitative estimate of drug-likeness (QED) is 0.525. The minimum Gasteiger partial charge on any atom is -0.357 e. The first-order chi connectivity index (χ1) is 12.3. The molecule has 0 spiro atoms. The van der Waals surface area contributed by atoms with Crippen LogP contribution in [0.25, 0.3) is 22.5 Å². The standard InChI is InChI=1S/C18H19N5OS/c1-25-18-20-9-7-15(21-18)14-12-23(16-6-2-3-10-24-16)22-17(14)13-5-4-8-19-11-13/h4-5,7-9,11-12,16H,2-3,6,10H2,1H3. The van der Waals surface area contributed by atoms with Gasteiger partial charge in [0.25, 0.3) is 0 Å². The Bertz CT molecular complexity index is 846. The monoisotopic (exact) mass is 353 g/mol. The Morgan fingerprint density at radius 1 is 1.24 bits per heavy atom. The van der Waals surface area contributed by atoms with Gasteiger partial charge >= 0.3 is 0 Å². The molecule has 0 bridgehead atoms. The van der Waals surface area contributed by atoms with Crippen LogP contribution >= 0.6 is 11.8 Å². The van der Waals surface area contributed by atoms with E-state index in [1.807, 2.05) is 41.5 Å². The van der Waals surface area contributed by atoms with Crippen LogP contribution in [0.4, 0.5) is 0 Å². The first kappa shape index (κ1) is 16.2. The van der Waals surface area contributed by atoms with E-state index >= 15 is 0 Å². The van der Waals surface area contributed by atoms with E-state index in [1.54, 1.807) is 12.4 Å². The van der Waals surface area contributed by atoms with Crippen molar-refractivity contribution in [2.45, 2.75) is 30.6 Å². The highest BCUT2D eigenvalue weighted by Gasteiger charge is 2.21. The fourth-order valence-electron chi connectivity index (χ4n) is 2.96. The van der Waals surface area contributed by atoms with Crippen molar-refractivity contribution in [3.8, 4) is 22.5 Å². The molecule has 0 N–H and O–H groups in total. The summed E-state index contributed by atoms with van der Waals surface area (Å²) in [4.78, 5) is 13.1. The van der Waals surface area contributed by atoms with Gasteiger partial charge in [0.05, 0.1) is 5.69 Å². The lowest BCUT2D eigenvalue weighted by molar-refractivity contribution is -0.0393. The van der Waals surface area contributed by atoms with Gasteiger partial charge in [0, 0.05) is 42.5 Å². The first-order valence-electron chi connectivity index (χ1n) is 8.34. The third-order valence-electron chi connectivity index (χ3n) is 4.21. The van der Waals surface area contributed by atoms with E-state index in [0.717, 1.165) is 53.5 Å². The van der Waals surface area contributed by atoms with Gasteiger partial charge in [0.2, 0.25) is 0 Å². The average molecular weight is 353 g/mol. The van der Waals surface area contributed by atoms with Crippen molar-refractivity contribution in [1.82, 2.24) is 24.7 Å². The largest absolute Gasteiger partial charge is 0.357 e. The van der Waals surface area contributed by atoms with Crippen LogP contribution < -0.4 is 0 Å². The van der Waals surface area contributed by atoms with Gasteiger partial charge in [-0.3, -0.25) is 4.98 Å². The first-order valence-corrected chi connectivity index (χ1v) is 9.56. The third-order valence-corrected chi connectivity index (χ3v) is 4.77. The summed E-state index contributed by atoms with van der Waals surface area (Å²) in [6, 6.07) is 5.85. The van der Waals surface area contributed by atoms with Crippen molar-refractivity contribution in [2.75, 3.05) is 12.9 Å². The van der Waals surface area contributed by atoms with Gasteiger partial charge < -0.3 is 4.74 Å². The Kier molecular flexibility index (Phi) is 4.76. The van der Waals surface area contributed by atoms with Crippen molar-refractivity contribution in [2.24, 2.45) is 0 Å². The van der Waals surface area contributed by atoms with Gasteiger partial charge in [-0.25, -0.2) is 14.6 Å². The van der Waals surface area contributed by atoms with Crippen LogP contribution in [0.2, 0.25) is 0 Å². The highest BCUT2D eigenvalue weighted by atomic mass is 32.2. The molecule has 0 aliphatic carbocycles. The van der Waals surface area contributed by atoms with E-state index in [0.29, 0.717) is 0 Å². The molecule has 0 amide bonds. The lowest BCUT2D eigenvalue weighted by Gasteiger charge is -2.22. The molecule has 4 rings (SSSR count). The van der Waals surface area contributed by atoms with Crippen LogP contribution in [-0.4, -0.2) is 37.6 Å². The summed E-state index contributed by atoms with van der Waals surface area (Å²) in [5.74, 6) is 0. The molecule has 1 aliphatic rings. The zero-order valence-electron chi connectivity index (χ0n) is 14.0. The van der Waals surface area contributed by atoms with Gasteiger partial charge in [-0.2, -0.15) is 5.10 Å². The summed E-state index contributed by atoms with van der Waals surface area (Å²) in [5, 5.41) is 5.57. The molecule has 0 aromatic carbocycles. The molecule has 25 heavy (non-hydrogen) atoms. The van der Waals surface area contributed by atoms with Crippen LogP contribution in [-0.2, 0) is 4.74 Å². The van der Waals surface area contributed by atoms with Crippen LogP contribution in [0.3, 0.4) is 0 Å². The number of pyridine rings is 1. The van der Waals surface area contributed by atoms with Gasteiger partial charge in [0.1, 0.15) is 11.9 Å². The summed E-state index contributed by atoms with van der Waals surface area (Å²) >= 11 is 1.53. The van der Waals surface area contributed by atoms with Crippen LogP contribution in [0.1, 0.15) is 25.5 Å². The molecule has 1 aliphatic heterocycles. The predicted molar refractivity (Wildman–Crippen MR) is 97.1 cm³/mol. The number of ether oxygens (including phenoxy) is 1. The van der Waals surface area contributed by atoms with Crippen molar-refractivity contribution in [3.05, 3.63) is 43.0 Å². The minimum atomic E-state index is -0.0141. The Balaban J connectivity index is 1.81. The molecule has 1 atom stereocenters. The zero-order valence-corrected chi connectivity index (χ0v) is 14.8. The molecular weight excluding hydrogens is 334 g/mol. The fraction of sp³-hybridized carbons (Fsp3) is 0.333. The van der Waals surface area contributed by atoms with E-state index in [2.05, 4.69) is 15.0 Å². The fourth-order valence-corrected chi connectivity index (χ4v) is 3.32. The topological polar surface area (TPSA) is 65.7 Å². The molecular formula is C18H19N5OS. The maximum absolute atomic E-state index is 5.90. The second-order valence-electron chi connectivity index (χ2n) is 5.86. The van der Waals surface area contributed by atoms with E-state index < -0.39 is 0 Å². The predicted octanol–water partition coefficient (Wildman–Crippen LogP) is 3.82. The Hall–Kier alpha value is -2.25. The Morgan fingerprint density at radius 2 is 2.20 bits per heavy atom. The Labute approximate surface area is 150 Å². The smallest absolute Gasteiger partial charge is 0.187 e. The highest BCUT2D eigenvalue weighted by molar-refractivity contribution is 7.98. The summed E-state index contributed by atoms with van der Waals surface area (Å²) in [5.41, 5.74) is 3.67. The zero-order chi connectivity index (χ0) is 17.1. The van der Waals surface area contributed by atoms with Crippen molar-refractivity contribution >= 4 is 11.8 Å². The summed E-state index contributed by atoms with van der Waals surface area (Å²) in [6.07, 6.45) is 12.6. The SMILES string of the molecule is CSc1nccc(-c2cn(C3CCCCO3)nc2-c2cccnc2)n1. The number of hydrogen-bond donors (Lipinski definition) is 0. The molecule has 1 saturated heterocycles. The van der Waals surface area contributed by atoms with Crippen molar-refractivity contribution in [3.63, 3.8) is 0 Å². The number of rotatable bonds is 4. The summed E-state index contributed by atoms with van der Waals surface area (Å²) < 4.78 is 7.83. The molecule has 7 heteroatoms. The lowest BCUT2D eigenvalue weighted by Crippen LogP contribution is -2.18. The van der Waals surface area contributed by atoms with Gasteiger partial charge in [-0.1, -0.05) is 11.8 Å². The van der Waals surface area contributed by atoms with E-state index in [-0.39, 0.29) is 6.23 Å². The maximum atomic E-state index is 5.90. The average Bonchev–Trinajstić information content (AvgIpc) is 3.15. The molecule has 3 aromatic heterocycles. The van der Waals surface area contributed by atoms with Gasteiger partial charge in [-0.05, 0) is 43.7 Å². The van der Waals surface area contributed by atoms with Crippen molar-refractivity contribution in [1.29, 1.82) is 0 Å². The third kappa shape index (κ3) is 3.43. The second kappa shape index (κ2) is 7.33. The number of aromatic nitrogens is 5. The molecule has 1 unspecified atom stereocenters. The molecule has 128 valence electrons. The van der Waals surface area contributed by atoms with E-state index in [4.69, 9.17) is 9.84 Å². The second-order valence-corrected chi connectivity index (χ2v) is 6.64. The summed E-state index contributed by atoms with van der Waals surface area (Å²) in [6.45, 7) is 0.784. The molecule has 4 heterocycles. The molecule has 0 radical (unpaired) electrons. The molecule has 1 fully saturated rings. The molecule has 6 nitrogen and oxygen atoms in total. The van der Waals surface area contributed by atoms with E-state index in [1.165, 1.54) is 11.8 Å². The van der Waals surface area contributed by atoms with Crippen LogP contribution in [0.5, 0.6) is 0 Å². The number of nitrogens with zero attached hydrogens (tertiary/aromatic N) is 5. The minimum absolute atomic E-state index is 0.0141. The van der Waals surface area contributed by atoms with Crippen LogP contribution in [0, 0.1) is 0 Å². The van der Waals surface area contributed by atoms with Crippen molar-refractivity contribution < 1.29 is 4.74 Å². The molecule has 3 aromatic rings. The highest BCUT2D eigenvalue weighted by Crippen LogP contribution is 2.33. The summed E-state index contributed by atoms with van der Waals surface area (Å²) in [7, 11) is 0. The Morgan fingerprint density at radius 3 is 2.96 bits per heavy atom. The van der Waals surface area contributed by atoms with Crippen LogP contribution in [0.15, 0.2) is 48.1 Å². The lowest BCUT2D eigenvalue weighted by atomic mass is 10.1. The normalized spacial score (nSPS) is 17.6. The van der Waals surface area contributed by atoms with Gasteiger partial charge in [-0.15, -0.1) is 0 Å².